The van der Waals surface area contributed by atoms with Crippen LogP contribution < -0.4 is 10.2 Å². The SMILES string of the molecule is COCCOCCOCCOCCOCCOCCOCCOCCOCCOCCOCCOCCOCCOCCOCCOCCOCCOCCOCCOCCOCCOCCOCCOCCNC(=O)CCCCCN1C(=CC=CC=CC2=[N+](CCCCCC(=O)ON3C(=O)CCC3=O)c3ccc(C)cc3C2(C)C)C(C)(C)c2cc(C)ccc21. The van der Waals surface area contributed by atoms with Crippen LogP contribution in [-0.4, -0.2) is 376 Å². The van der Waals surface area contributed by atoms with Gasteiger partial charge in [-0.2, -0.15) is 4.58 Å². The maximum absolute atomic E-state index is 12.8. The number of hydrogen-bond acceptors (Lipinski definition) is 30. The fourth-order valence-electron chi connectivity index (χ4n) is 13.1. The maximum Gasteiger partial charge on any atom is 0.333 e. The zero-order chi connectivity index (χ0) is 89.2. The maximum atomic E-state index is 12.8. The quantitative estimate of drug-likeness (QED) is 0.0281. The van der Waals surface area contributed by atoms with E-state index >= 15 is 0 Å². The molecule has 1 fully saturated rings. The molecule has 2 aromatic rings. The second-order valence-corrected chi connectivity index (χ2v) is 30.4. The summed E-state index contributed by atoms with van der Waals surface area (Å²) in [5.41, 5.74) is 9.46. The lowest BCUT2D eigenvalue weighted by Crippen LogP contribution is -2.31. The number of fused-ring (bicyclic) bond motifs is 2. The van der Waals surface area contributed by atoms with Gasteiger partial charge in [0.1, 0.15) is 6.54 Å². The number of nitrogens with one attached hydrogen (secondary N) is 1. The highest BCUT2D eigenvalue weighted by Crippen LogP contribution is 2.48. The van der Waals surface area contributed by atoms with Crippen molar-refractivity contribution in [3.05, 3.63) is 94.7 Å². The van der Waals surface area contributed by atoms with Gasteiger partial charge in [-0.1, -0.05) is 67.8 Å². The van der Waals surface area contributed by atoms with Crippen molar-refractivity contribution in [3.63, 3.8) is 0 Å². The summed E-state index contributed by atoms with van der Waals surface area (Å²) in [6, 6.07) is 13.4. The Bertz CT molecular complexity index is 3200. The van der Waals surface area contributed by atoms with Gasteiger partial charge in [0.2, 0.25) is 11.6 Å². The van der Waals surface area contributed by atoms with Crippen LogP contribution in [0.5, 0.6) is 0 Å². The molecule has 3 amide bonds. The molecule has 5 rings (SSSR count). The van der Waals surface area contributed by atoms with E-state index in [1.165, 1.54) is 45.0 Å². The number of unbranched alkanes of at least 4 members (excludes halogenated alkanes) is 4. The fourth-order valence-corrected chi connectivity index (χ4v) is 13.1. The van der Waals surface area contributed by atoms with Gasteiger partial charge >= 0.3 is 5.97 Å². The number of methoxy groups -OCH3 is 1. The van der Waals surface area contributed by atoms with Gasteiger partial charge in [0, 0.05) is 86.8 Å². The number of carbonyl (C=O) groups excluding carboxylic acids is 4. The molecule has 2 aromatic carbocycles. The molecular weight excluding hydrogens is 1630 g/mol. The molecule has 1 N–H and O–H groups in total. The van der Waals surface area contributed by atoms with E-state index in [9.17, 15) is 19.2 Å². The Kier molecular flexibility index (Phi) is 65.0. The Morgan fingerprint density at radius 1 is 0.376 bits per heavy atom. The topological polar surface area (TPSA) is 321 Å². The third-order valence-electron chi connectivity index (χ3n) is 19.8. The number of rotatable bonds is 88. The summed E-state index contributed by atoms with van der Waals surface area (Å²) in [5.74, 6) is -1.47. The Labute approximate surface area is 743 Å². The lowest BCUT2D eigenvalue weighted by Gasteiger charge is -2.27. The zero-order valence-corrected chi connectivity index (χ0v) is 76.5. The highest BCUT2D eigenvalue weighted by Gasteiger charge is 2.44. The molecule has 0 radical (unpaired) electrons. The van der Waals surface area contributed by atoms with E-state index in [1.807, 2.05) is 0 Å². The highest BCUT2D eigenvalue weighted by molar-refractivity contribution is 6.03. The van der Waals surface area contributed by atoms with Crippen LogP contribution in [0.2, 0.25) is 0 Å². The first-order valence-corrected chi connectivity index (χ1v) is 45.1. The number of nitrogens with zero attached hydrogens (tertiary/aromatic N) is 3. The summed E-state index contributed by atoms with van der Waals surface area (Å²) in [4.78, 5) is 56.6. The first kappa shape index (κ1) is 110. The minimum Gasteiger partial charge on any atom is -0.382 e. The summed E-state index contributed by atoms with van der Waals surface area (Å²) in [5, 5.41) is 3.61. The Balaban J connectivity index is 0.687. The number of aryl methyl sites for hydroxylation is 2. The molecule has 0 bridgehead atoms. The minimum absolute atomic E-state index is 0.0266. The molecule has 0 aromatic heterocycles. The van der Waals surface area contributed by atoms with Crippen LogP contribution >= 0.6 is 0 Å². The van der Waals surface area contributed by atoms with Crippen molar-refractivity contribution in [1.29, 1.82) is 0 Å². The summed E-state index contributed by atoms with van der Waals surface area (Å²) < 4.78 is 135. The van der Waals surface area contributed by atoms with Crippen LogP contribution in [0, 0.1) is 13.8 Å². The van der Waals surface area contributed by atoms with E-state index in [0.717, 1.165) is 45.2 Å². The Morgan fingerprint density at radius 2 is 0.704 bits per heavy atom. The second-order valence-electron chi connectivity index (χ2n) is 30.4. The number of ether oxygens (including phenoxy) is 24. The molecule has 3 heterocycles. The number of anilines is 1. The average Bonchev–Trinajstić information content (AvgIpc) is 1.60. The lowest BCUT2D eigenvalue weighted by atomic mass is 9.81. The molecule has 3 aliphatic heterocycles. The minimum atomic E-state index is -0.562. The molecule has 3 aliphatic rings. The van der Waals surface area contributed by atoms with Gasteiger partial charge in [-0.25, -0.2) is 4.79 Å². The summed E-state index contributed by atoms with van der Waals surface area (Å²) >= 11 is 0. The molecule has 33 nitrogen and oxygen atoms in total. The largest absolute Gasteiger partial charge is 0.382 e. The zero-order valence-electron chi connectivity index (χ0n) is 76.5. The molecule has 0 unspecified atom stereocenters. The molecular formula is C92H153N4O29+. The molecule has 33 heteroatoms. The van der Waals surface area contributed by atoms with Gasteiger partial charge in [0.15, 0.2) is 5.71 Å². The Morgan fingerprint density at radius 3 is 1.07 bits per heavy atom. The van der Waals surface area contributed by atoms with Crippen LogP contribution in [0.3, 0.4) is 0 Å². The van der Waals surface area contributed by atoms with Crippen LogP contribution in [0.4, 0.5) is 11.4 Å². The summed E-state index contributed by atoms with van der Waals surface area (Å²) in [7, 11) is 1.64. The smallest absolute Gasteiger partial charge is 0.333 e. The van der Waals surface area contributed by atoms with Crippen molar-refractivity contribution in [2.45, 2.75) is 117 Å². The van der Waals surface area contributed by atoms with E-state index in [0.29, 0.717) is 335 Å². The number of amides is 3. The number of allylic oxidation sites excluding steroid dienone is 6. The van der Waals surface area contributed by atoms with Crippen molar-refractivity contribution in [2.24, 2.45) is 0 Å². The van der Waals surface area contributed by atoms with Gasteiger partial charge in [-0.05, 0) is 77.2 Å². The first-order valence-electron chi connectivity index (χ1n) is 45.1. The van der Waals surface area contributed by atoms with E-state index < -0.39 is 17.8 Å². The standard InChI is InChI=1S/C92H152N4O29/c1-79-21-23-83-81(77-79)91(3,4)85(17-11-8-12-18-86-92(5,6)82-78-80(2)22-24-84(82)95(86)29-16-10-14-20-90(100)125-96-88(98)25-26-89(96)99)94(83)28-15-9-13-19-87(97)93-27-30-102-33-34-104-37-38-106-41-42-108-45-46-110-49-50-112-53-54-114-57-58-116-61-62-118-65-66-120-69-70-122-73-74-124-76-75-123-72-71-121-68-67-119-64-63-117-60-59-115-56-55-113-52-51-111-48-47-109-44-43-107-40-39-105-36-35-103-32-31-101-7/h8,11-12,17-18,21-24,77-78H,9-10,13-16,19-20,25-76H2,1-7H3/p+1. The second kappa shape index (κ2) is 74.0. The van der Waals surface area contributed by atoms with Crippen molar-refractivity contribution in [2.75, 3.05) is 342 Å². The molecule has 0 atom stereocenters. The predicted molar refractivity (Wildman–Crippen MR) is 470 cm³/mol. The monoisotopic (exact) mass is 1780 g/mol. The number of hydrogen-bond donors (Lipinski definition) is 1. The van der Waals surface area contributed by atoms with E-state index in [-0.39, 0.29) is 36.0 Å². The summed E-state index contributed by atoms with van der Waals surface area (Å²) in [6.45, 7) is 38.1. The normalized spacial score (nSPS) is 14.6. The molecule has 0 aliphatic carbocycles. The van der Waals surface area contributed by atoms with Gasteiger partial charge < -0.3 is 129 Å². The third-order valence-corrected chi connectivity index (χ3v) is 19.8. The highest BCUT2D eigenvalue weighted by atomic mass is 16.7. The number of hydroxylamine groups is 2. The fraction of sp³-hybridized carbons (Fsp3) is 0.750. The predicted octanol–water partition coefficient (Wildman–Crippen LogP) is 8.35. The van der Waals surface area contributed by atoms with Gasteiger partial charge in [0.25, 0.3) is 11.8 Å². The van der Waals surface area contributed by atoms with Crippen LogP contribution in [-0.2, 0) is 149 Å². The summed E-state index contributed by atoms with van der Waals surface area (Å²) in [6.07, 6.45) is 16.5. The lowest BCUT2D eigenvalue weighted by molar-refractivity contribution is -0.438. The van der Waals surface area contributed by atoms with Crippen molar-refractivity contribution in [1.82, 2.24) is 10.4 Å². The van der Waals surface area contributed by atoms with Gasteiger partial charge in [-0.3, -0.25) is 14.4 Å². The van der Waals surface area contributed by atoms with Gasteiger partial charge in [-0.15, -0.1) is 5.06 Å². The number of benzene rings is 2. The van der Waals surface area contributed by atoms with Crippen LogP contribution in [0.1, 0.15) is 114 Å². The molecule has 0 spiro atoms. The van der Waals surface area contributed by atoms with Crippen molar-refractivity contribution >= 4 is 40.8 Å². The number of carbonyl (C=O) groups is 4. The van der Waals surface area contributed by atoms with Crippen LogP contribution in [0.15, 0.2) is 72.5 Å². The van der Waals surface area contributed by atoms with E-state index in [1.54, 1.807) is 7.11 Å². The number of imide groups is 1. The molecule has 1 saturated heterocycles. The van der Waals surface area contributed by atoms with E-state index in [4.69, 9.17) is 119 Å². The Hall–Kier alpha value is -5.75. The molecule has 714 valence electrons. The van der Waals surface area contributed by atoms with Crippen molar-refractivity contribution < 1.29 is 142 Å². The van der Waals surface area contributed by atoms with Crippen LogP contribution in [0.25, 0.3) is 0 Å². The average molecular weight is 1780 g/mol. The first-order chi connectivity index (χ1) is 61.2. The van der Waals surface area contributed by atoms with E-state index in [2.05, 4.69) is 123 Å². The van der Waals surface area contributed by atoms with Crippen molar-refractivity contribution in [3.8, 4) is 0 Å². The van der Waals surface area contributed by atoms with Gasteiger partial charge in [0.05, 0.1) is 316 Å². The molecule has 0 saturated carbocycles. The third kappa shape index (κ3) is 52.0. The molecule has 125 heavy (non-hydrogen) atoms.